The summed E-state index contributed by atoms with van der Waals surface area (Å²) in [7, 11) is 0.549. The number of aromatic nitrogens is 9. The van der Waals surface area contributed by atoms with Crippen LogP contribution in [0.2, 0.25) is 5.15 Å². The van der Waals surface area contributed by atoms with Gasteiger partial charge in [0.15, 0.2) is 0 Å². The third-order valence-electron chi connectivity index (χ3n) is 11.5. The van der Waals surface area contributed by atoms with Gasteiger partial charge in [0.1, 0.15) is 64.3 Å². The number of halogens is 4. The lowest BCUT2D eigenvalue weighted by Crippen LogP contribution is -1.99. The van der Waals surface area contributed by atoms with Gasteiger partial charge in [-0.2, -0.15) is 0 Å². The van der Waals surface area contributed by atoms with E-state index in [9.17, 15) is 33.4 Å². The van der Waals surface area contributed by atoms with E-state index in [1.165, 1.54) is 91.8 Å². The molecule has 0 aliphatic heterocycles. The normalized spacial score (nSPS) is 10.7. The molecule has 0 aliphatic rings. The van der Waals surface area contributed by atoms with Crippen molar-refractivity contribution in [3.63, 3.8) is 0 Å². The molecule has 0 aliphatic carbocycles. The van der Waals surface area contributed by atoms with Crippen molar-refractivity contribution >= 4 is 69.4 Å². The number of non-ortho nitro benzene ring substituents is 2. The Labute approximate surface area is 438 Å². The highest BCUT2D eigenvalue weighted by Gasteiger charge is 2.15. The molecule has 0 atom stereocenters. The lowest BCUT2D eigenvalue weighted by Gasteiger charge is -2.01. The minimum absolute atomic E-state index is 0.0339. The van der Waals surface area contributed by atoms with E-state index in [2.05, 4.69) is 49.5 Å². The number of nitro benzene ring substituents is 2. The zero-order valence-corrected chi connectivity index (χ0v) is 40.3. The molecule has 6 heterocycles. The second kappa shape index (κ2) is 23.3. The molecular formula is C54H36BClF3N12O6. The molecule has 6 aromatic carbocycles. The predicted octanol–water partition coefficient (Wildman–Crippen LogP) is 12.3. The number of H-pyrrole nitrogens is 3. The largest absolute Gasteiger partial charge is 0.569 e. The fourth-order valence-electron chi connectivity index (χ4n) is 7.69. The summed E-state index contributed by atoms with van der Waals surface area (Å²) in [5, 5.41) is 32.3. The van der Waals surface area contributed by atoms with E-state index in [-0.39, 0.29) is 28.8 Å². The number of benzene rings is 6. The first-order valence-electron chi connectivity index (χ1n) is 22.7. The van der Waals surface area contributed by atoms with Crippen LogP contribution in [0.15, 0.2) is 183 Å². The molecule has 0 amide bonds. The van der Waals surface area contributed by atoms with Gasteiger partial charge in [-0.1, -0.05) is 23.7 Å². The third-order valence-corrected chi connectivity index (χ3v) is 11.8. The molecule has 6 N–H and O–H groups in total. The Hall–Kier alpha value is -10.3. The van der Waals surface area contributed by atoms with Gasteiger partial charge in [-0.15, -0.1) is 0 Å². The molecule has 77 heavy (non-hydrogen) atoms. The molecule has 0 spiro atoms. The van der Waals surface area contributed by atoms with E-state index in [0.717, 1.165) is 78.1 Å². The number of nitrogens with one attached hydrogen (secondary N) is 3. The lowest BCUT2D eigenvalue weighted by atomic mass is 10.1. The van der Waals surface area contributed by atoms with Gasteiger partial charge in [-0.25, -0.2) is 43.1 Å². The highest BCUT2D eigenvalue weighted by Crippen LogP contribution is 2.33. The van der Waals surface area contributed by atoms with E-state index in [1.54, 1.807) is 48.5 Å². The van der Waals surface area contributed by atoms with Crippen molar-refractivity contribution < 1.29 is 32.7 Å². The van der Waals surface area contributed by atoms with E-state index >= 15 is 0 Å². The minimum Gasteiger partial charge on any atom is -0.537 e. The molecule has 0 bridgehead atoms. The zero-order chi connectivity index (χ0) is 54.0. The number of nitrogens with zero attached hydrogens (tertiary/aromatic N) is 8. The van der Waals surface area contributed by atoms with E-state index in [0.29, 0.717) is 35.6 Å². The molecule has 12 rings (SSSR count). The summed E-state index contributed by atoms with van der Waals surface area (Å²) < 4.78 is 43.0. The third kappa shape index (κ3) is 12.4. The van der Waals surface area contributed by atoms with Crippen LogP contribution in [-0.2, 0) is 0 Å². The molecular weight excluding hydrogens is 1020 g/mol. The monoisotopic (exact) mass is 1050 g/mol. The fourth-order valence-corrected chi connectivity index (χ4v) is 7.88. The van der Waals surface area contributed by atoms with Crippen LogP contribution in [0.4, 0.5) is 30.2 Å². The number of hydrogen-bond donors (Lipinski definition) is 5. The Morgan fingerprint density at radius 3 is 1.19 bits per heavy atom. The highest BCUT2D eigenvalue weighted by atomic mass is 35.5. The van der Waals surface area contributed by atoms with Crippen molar-refractivity contribution in [1.29, 1.82) is 0 Å². The number of fused-ring (bicyclic) bond motifs is 3. The second-order valence-electron chi connectivity index (χ2n) is 16.4. The molecule has 379 valence electrons. The van der Waals surface area contributed by atoms with Crippen LogP contribution in [0, 0.1) is 37.7 Å². The summed E-state index contributed by atoms with van der Waals surface area (Å²) in [5.74, 6) is -0.500. The van der Waals surface area contributed by atoms with Crippen LogP contribution in [-0.4, -0.2) is 67.4 Å². The lowest BCUT2D eigenvalue weighted by molar-refractivity contribution is -0.385. The van der Waals surface area contributed by atoms with Gasteiger partial charge in [0.25, 0.3) is 11.4 Å². The Morgan fingerprint density at radius 1 is 0.481 bits per heavy atom. The van der Waals surface area contributed by atoms with Crippen LogP contribution in [0.5, 0.6) is 5.75 Å². The van der Waals surface area contributed by atoms with E-state index < -0.39 is 9.85 Å². The number of rotatable bonds is 9. The quantitative estimate of drug-likeness (QED) is 0.0296. The molecule has 0 saturated carbocycles. The summed E-state index contributed by atoms with van der Waals surface area (Å²) in [6.45, 7) is 0. The van der Waals surface area contributed by atoms with Gasteiger partial charge in [0.05, 0.1) is 26.6 Å². The van der Waals surface area contributed by atoms with Gasteiger partial charge >= 0.3 is 7.69 Å². The van der Waals surface area contributed by atoms with Crippen molar-refractivity contribution in [1.82, 2.24) is 44.9 Å². The number of nitrogen functional groups attached to an aromatic ring is 1. The van der Waals surface area contributed by atoms with Crippen LogP contribution in [0.1, 0.15) is 0 Å². The maximum absolute atomic E-state index is 13.1. The average molecular weight is 1050 g/mol. The molecule has 6 aromatic heterocycles. The average Bonchev–Trinajstić information content (AvgIpc) is 4.22. The summed E-state index contributed by atoms with van der Waals surface area (Å²) in [5.41, 5.74) is 16.8. The molecule has 18 nitrogen and oxygen atoms in total. The van der Waals surface area contributed by atoms with Gasteiger partial charge in [0, 0.05) is 68.9 Å². The standard InChI is InChI=1S/C18H11FN4O2.C18H13FN4.C12H7ClN4O2.C6H5BFO2/c19-13-5-1-12(2-6-13)17-15-9-16(22-18(15)21-10-20-17)11-3-7-14(8-4-11)23(24)25;19-13-5-1-12(2-6-13)17-15-9-16(23-18(15)22-10-21-17)11-3-7-14(20)8-4-11;13-11-9-5-10(16-12(9)15-6-14-11)7-1-3-8(4-2-7)17(18)19;8-5-1-3-6(4-2-5)10-7-9/h1-10H,(H,20,21,22);1-10H,20H2,(H,21,22,23);1-6H,(H,14,15,16);1-4,9H. The SMILES string of the molecule is Nc1ccc(-c2cc3c(-c4ccc(F)cc4)ncnc3[nH]2)cc1.O=[N+]([O-])c1ccc(-c2cc3c(-c4ccc(F)cc4)ncnc3[nH]2)cc1.O=[N+]([O-])c1ccc(-c2cc3c(Cl)ncnc3[nH]2)cc1.O[B]Oc1ccc(F)cc1. The smallest absolute Gasteiger partial charge is 0.537 e. The molecule has 0 unspecified atom stereocenters. The Kier molecular flexibility index (Phi) is 15.6. The Balaban J connectivity index is 0.000000130. The van der Waals surface area contributed by atoms with Crippen LogP contribution in [0.3, 0.4) is 0 Å². The fraction of sp³-hybridized carbons (Fsp3) is 0. The van der Waals surface area contributed by atoms with E-state index in [4.69, 9.17) is 22.4 Å². The van der Waals surface area contributed by atoms with Gasteiger partial charge in [-0.3, -0.25) is 20.2 Å². The number of nitrogens with two attached hydrogens (primary N) is 1. The van der Waals surface area contributed by atoms with E-state index in [1.807, 2.05) is 42.5 Å². The Morgan fingerprint density at radius 2 is 0.818 bits per heavy atom. The van der Waals surface area contributed by atoms with Crippen molar-refractivity contribution in [3.8, 4) is 62.0 Å². The molecule has 0 saturated heterocycles. The zero-order valence-electron chi connectivity index (χ0n) is 39.6. The predicted molar refractivity (Wildman–Crippen MR) is 286 cm³/mol. The first-order valence-corrected chi connectivity index (χ1v) is 23.1. The Bertz CT molecular complexity index is 4000. The van der Waals surface area contributed by atoms with Crippen molar-refractivity contribution in [2.45, 2.75) is 0 Å². The molecule has 23 heteroatoms. The highest BCUT2D eigenvalue weighted by molar-refractivity contribution is 6.34. The number of hydrogen-bond acceptors (Lipinski definition) is 13. The summed E-state index contributed by atoms with van der Waals surface area (Å²) in [6.07, 6.45) is 4.32. The van der Waals surface area contributed by atoms with Gasteiger partial charge in [0.2, 0.25) is 0 Å². The van der Waals surface area contributed by atoms with Crippen molar-refractivity contribution in [2.75, 3.05) is 5.73 Å². The van der Waals surface area contributed by atoms with Crippen LogP contribution < -0.4 is 10.4 Å². The molecule has 0 fully saturated rings. The van der Waals surface area contributed by atoms with Crippen LogP contribution >= 0.6 is 11.6 Å². The maximum Gasteiger partial charge on any atom is 0.569 e. The molecule has 12 aromatic rings. The first-order chi connectivity index (χ1) is 37.3. The summed E-state index contributed by atoms with van der Waals surface area (Å²) in [4.78, 5) is 55.2. The maximum atomic E-state index is 13.1. The van der Waals surface area contributed by atoms with Gasteiger partial charge < -0.3 is 30.4 Å². The summed E-state index contributed by atoms with van der Waals surface area (Å²) in [6, 6.07) is 43.5. The topological polar surface area (TPSA) is 266 Å². The van der Waals surface area contributed by atoms with Crippen molar-refractivity contribution in [2.24, 2.45) is 0 Å². The second-order valence-corrected chi connectivity index (χ2v) is 16.7. The number of aromatic amines is 3. The molecule has 1 radical (unpaired) electrons. The first kappa shape index (κ1) is 51.6. The number of nitro groups is 2. The summed E-state index contributed by atoms with van der Waals surface area (Å²) >= 11 is 5.96. The van der Waals surface area contributed by atoms with Gasteiger partial charge in [-0.05, 0) is 144 Å². The minimum atomic E-state index is -0.437. The van der Waals surface area contributed by atoms with Crippen LogP contribution in [0.25, 0.3) is 89.4 Å². The number of anilines is 1. The van der Waals surface area contributed by atoms with Crippen molar-refractivity contribution in [3.05, 3.63) is 226 Å².